The maximum Gasteiger partial charge on any atom is 2.00 e. The van der Waals surface area contributed by atoms with E-state index in [-0.39, 0.29) is 45.6 Å². The summed E-state index contributed by atoms with van der Waals surface area (Å²) in [5, 5.41) is 11.8. The molecule has 0 amide bonds. The number of hydrogen-bond acceptors (Lipinski definition) is 11. The number of ether oxygens (including phenoxy) is 1. The van der Waals surface area contributed by atoms with E-state index >= 15 is 0 Å². The van der Waals surface area contributed by atoms with Gasteiger partial charge in [-0.1, -0.05) is 99.9 Å². The fraction of sp³-hybridized carbons (Fsp3) is 0.478. The van der Waals surface area contributed by atoms with Gasteiger partial charge in [-0.2, -0.15) is 6.42 Å². The number of fused-ring (bicyclic) bond motifs is 2. The molecule has 0 aliphatic carbocycles. The Morgan fingerprint density at radius 1 is 0.761 bits per heavy atom. The van der Waals surface area contributed by atoms with Crippen LogP contribution in [0.1, 0.15) is 84.8 Å². The first-order valence-corrected chi connectivity index (χ1v) is 24.5. The molecule has 1 N–H and O–H groups in total. The van der Waals surface area contributed by atoms with Gasteiger partial charge >= 0.3 is 34.4 Å². The van der Waals surface area contributed by atoms with Gasteiger partial charge < -0.3 is 47.7 Å². The molecule has 1 saturated heterocycles. The van der Waals surface area contributed by atoms with Gasteiger partial charge in [0, 0.05) is 55.1 Å². The minimum absolute atomic E-state index is 0. The van der Waals surface area contributed by atoms with Crippen molar-refractivity contribution in [2.24, 2.45) is 28.2 Å². The molecule has 1 aliphatic heterocycles. The number of rotatable bonds is 12. The predicted molar refractivity (Wildman–Crippen MR) is 275 cm³/mol. The van der Waals surface area contributed by atoms with Crippen LogP contribution < -0.4 is 39.5 Å². The van der Waals surface area contributed by atoms with Crippen molar-refractivity contribution in [3.63, 3.8) is 0 Å². The maximum absolute atomic E-state index is 13.0. The third-order valence-electron chi connectivity index (χ3n) is 10.3. The number of carbonyl (C=O) groups excluding carboxylic acids is 1. The van der Waals surface area contributed by atoms with Crippen LogP contribution in [0.5, 0.6) is 0 Å². The van der Waals surface area contributed by atoms with Crippen LogP contribution in [-0.4, -0.2) is 101 Å². The second kappa shape index (κ2) is 27.0. The van der Waals surface area contributed by atoms with E-state index in [0.29, 0.717) is 52.2 Å². The van der Waals surface area contributed by atoms with Gasteiger partial charge in [0.15, 0.2) is 32.6 Å². The second-order valence-corrected chi connectivity index (χ2v) is 21.7. The number of hydrogen-bond donors (Lipinski definition) is 1. The molecule has 4 aromatic heterocycles. The zero-order valence-corrected chi connectivity index (χ0v) is 47.8. The molecule has 7 rings (SSSR count). The van der Waals surface area contributed by atoms with Crippen molar-refractivity contribution in [1.29, 1.82) is 0 Å². The van der Waals surface area contributed by atoms with Crippen LogP contribution in [0.15, 0.2) is 87.0 Å². The van der Waals surface area contributed by atoms with E-state index in [4.69, 9.17) is 4.74 Å². The number of thioether (sulfide) groups is 2. The number of aryl methyl sites for hydroxylation is 2. The van der Waals surface area contributed by atoms with Gasteiger partial charge in [-0.3, -0.25) is 27.9 Å². The van der Waals surface area contributed by atoms with Crippen LogP contribution in [0.2, 0.25) is 0 Å². The number of benzene rings is 2. The molecule has 362 valence electrons. The molecule has 0 spiro atoms. The molecule has 5 heterocycles. The molecule has 21 heteroatoms. The largest absolute Gasteiger partial charge is 2.00 e. The molecular formula is C46H61Br3MgN8O7S2. The summed E-state index contributed by atoms with van der Waals surface area (Å²) in [7, 11) is 6.12. The third kappa shape index (κ3) is 15.4. The molecule has 2 aromatic carbocycles. The number of halogens is 3. The fourth-order valence-corrected chi connectivity index (χ4v) is 9.56. The molecule has 1 unspecified atom stereocenters. The number of aliphatic hydroxyl groups excluding tert-OH is 1. The summed E-state index contributed by atoms with van der Waals surface area (Å²) in [5.74, 6) is 0. The Labute approximate surface area is 443 Å². The van der Waals surface area contributed by atoms with E-state index in [1.165, 1.54) is 59.6 Å². The van der Waals surface area contributed by atoms with E-state index < -0.39 is 32.5 Å². The predicted octanol–water partition coefficient (Wildman–Crippen LogP) is 4.24. The van der Waals surface area contributed by atoms with Gasteiger partial charge in [-0.25, -0.2) is 19.6 Å². The van der Waals surface area contributed by atoms with Crippen molar-refractivity contribution in [2.45, 2.75) is 113 Å². The van der Waals surface area contributed by atoms with Crippen LogP contribution in [-0.2, 0) is 50.8 Å². The first-order valence-electron chi connectivity index (χ1n) is 21.3. The molecule has 0 radical (unpaired) electrons. The van der Waals surface area contributed by atoms with E-state index in [0.717, 1.165) is 61.5 Å². The van der Waals surface area contributed by atoms with E-state index in [2.05, 4.69) is 48.8 Å². The summed E-state index contributed by atoms with van der Waals surface area (Å²) in [6.07, 6.45) is 5.41. The van der Waals surface area contributed by atoms with Gasteiger partial charge in [0.1, 0.15) is 6.29 Å². The summed E-state index contributed by atoms with van der Waals surface area (Å²) in [4.78, 5) is 71.2. The first-order chi connectivity index (χ1) is 30.6. The number of nitrogens with zero attached hydrogens (tertiary/aromatic N) is 8. The van der Waals surface area contributed by atoms with Crippen molar-refractivity contribution < 1.29 is 31.6 Å². The minimum atomic E-state index is -0.722. The quantitative estimate of drug-likeness (QED) is 0.0806. The second-order valence-electron chi connectivity index (χ2n) is 16.6. The molecule has 1 fully saturated rings. The van der Waals surface area contributed by atoms with Crippen LogP contribution in [0.25, 0.3) is 22.3 Å². The first kappa shape index (κ1) is 60.4. The number of aliphatic hydroxyl groups is 1. The fourth-order valence-electron chi connectivity index (χ4n) is 6.63. The van der Waals surface area contributed by atoms with Crippen LogP contribution in [0, 0.1) is 6.92 Å². The summed E-state index contributed by atoms with van der Waals surface area (Å²) >= 11 is 9.63. The molecule has 15 nitrogen and oxygen atoms in total. The zero-order valence-electron chi connectivity index (χ0n) is 40.0. The van der Waals surface area contributed by atoms with Crippen molar-refractivity contribution >= 4 is 107 Å². The molecule has 67 heavy (non-hydrogen) atoms. The zero-order chi connectivity index (χ0) is 48.4. The van der Waals surface area contributed by atoms with Gasteiger partial charge in [0.2, 0.25) is 0 Å². The number of aldehydes is 1. The summed E-state index contributed by atoms with van der Waals surface area (Å²) in [6.45, 7) is 17.9. The monoisotopic (exact) mass is 1160 g/mol. The van der Waals surface area contributed by atoms with Gasteiger partial charge in [-0.05, 0) is 82.3 Å². The van der Waals surface area contributed by atoms with E-state index in [1.807, 2.05) is 80.8 Å². The molecule has 1 atom stereocenters. The summed E-state index contributed by atoms with van der Waals surface area (Å²) < 4.78 is 14.1. The number of carbonyl (C=O) groups is 1. The Morgan fingerprint density at radius 2 is 1.16 bits per heavy atom. The SMILES string of the molecule is C1CCOC1.CCCC(O)C(C)(C)Sc1nc2c(c(=O)n(C)c(=O)n2C)n1Cc1cccc(Br)c1.Cn1c(=O)c2c(nc(SC(C)(C)C=O)n2Cc2cccc(Br)c2)n(C)c1=O.[Br-].[CH2-]CC.[Mg+2]. The van der Waals surface area contributed by atoms with Crippen LogP contribution in [0.4, 0.5) is 0 Å². The summed E-state index contributed by atoms with van der Waals surface area (Å²) in [5.41, 5.74) is 1.68. The number of aromatic nitrogens is 8. The Bertz CT molecular complexity index is 2840. The Kier molecular flexibility index (Phi) is 24.3. The van der Waals surface area contributed by atoms with Gasteiger partial charge in [-0.15, -0.1) is 0 Å². The molecule has 0 saturated carbocycles. The smallest absolute Gasteiger partial charge is 1.00 e. The van der Waals surface area contributed by atoms with Crippen molar-refractivity contribution in [2.75, 3.05) is 13.2 Å². The molecular weight excluding hydrogens is 1100 g/mol. The van der Waals surface area contributed by atoms with Crippen LogP contribution in [0.3, 0.4) is 0 Å². The Hall–Kier alpha value is -2.76. The van der Waals surface area contributed by atoms with Gasteiger partial charge in [0.25, 0.3) is 11.1 Å². The van der Waals surface area contributed by atoms with Crippen molar-refractivity contribution in [3.05, 3.63) is 117 Å². The van der Waals surface area contributed by atoms with E-state index in [1.54, 1.807) is 32.5 Å². The number of imidazole rings is 2. The standard InChI is InChI=1S/C21H27BrN4O3S.C18H19BrN4O3S.C4H8O.C3H7.BrH.Mg/c1-6-8-15(27)21(2,3)30-19-23-17-16(18(28)25(5)20(29)24(17)4)26(19)12-13-9-7-10-14(22)11-13;1-18(2,10-24)27-16-20-14-13(15(25)22(4)17(26)21(14)3)23(16)9-11-6-5-7-12(19)8-11;1-2-4-5-3-1;1-3-2;;/h7,9-11,15,27H,6,8,12H2,1-5H3;5-8,10H,9H2,1-4H3;1-4H2;1,3H2,2H3;1H;/q;;;-1;;+2/p-1. The van der Waals surface area contributed by atoms with Crippen molar-refractivity contribution in [1.82, 2.24) is 37.4 Å². The Morgan fingerprint density at radius 3 is 1.51 bits per heavy atom. The summed E-state index contributed by atoms with van der Waals surface area (Å²) in [6, 6.07) is 15.6. The van der Waals surface area contributed by atoms with Crippen molar-refractivity contribution in [3.8, 4) is 0 Å². The molecule has 6 aromatic rings. The normalized spacial score (nSPS) is 12.7. The Balaban J connectivity index is 0.000000386. The third-order valence-corrected chi connectivity index (χ3v) is 13.7. The minimum Gasteiger partial charge on any atom is -1.00 e. The molecule has 1 aliphatic rings. The average Bonchev–Trinajstić information content (AvgIpc) is 4.03. The van der Waals surface area contributed by atoms with Gasteiger partial charge in [0.05, 0.1) is 23.9 Å². The topological polar surface area (TPSA) is 170 Å². The van der Waals surface area contributed by atoms with E-state index in [9.17, 15) is 29.1 Å². The molecule has 0 bridgehead atoms. The maximum atomic E-state index is 13.0. The average molecular weight is 1170 g/mol. The van der Waals surface area contributed by atoms with Crippen LogP contribution >= 0.6 is 55.4 Å².